The molecule has 0 aliphatic carbocycles. The van der Waals surface area contributed by atoms with E-state index in [9.17, 15) is 18.0 Å². The van der Waals surface area contributed by atoms with E-state index in [2.05, 4.69) is 5.32 Å². The molecule has 162 valence electrons. The summed E-state index contributed by atoms with van der Waals surface area (Å²) in [5.41, 5.74) is 1.03. The highest BCUT2D eigenvalue weighted by atomic mass is 32.2. The molecule has 0 bridgehead atoms. The number of furan rings is 1. The van der Waals surface area contributed by atoms with Crippen molar-refractivity contribution in [1.29, 1.82) is 0 Å². The van der Waals surface area contributed by atoms with E-state index in [-0.39, 0.29) is 28.1 Å². The lowest BCUT2D eigenvalue weighted by atomic mass is 10.1. The van der Waals surface area contributed by atoms with Gasteiger partial charge in [-0.05, 0) is 62.4 Å². The summed E-state index contributed by atoms with van der Waals surface area (Å²) in [4.78, 5) is 26.7. The van der Waals surface area contributed by atoms with Crippen molar-refractivity contribution in [3.05, 3.63) is 83.8 Å². The average molecular weight is 441 g/mol. The van der Waals surface area contributed by atoms with Crippen molar-refractivity contribution in [2.75, 3.05) is 18.4 Å². The molecule has 0 unspecified atom stereocenters. The van der Waals surface area contributed by atoms with Gasteiger partial charge in [-0.3, -0.25) is 9.59 Å². The molecule has 0 atom stereocenters. The highest BCUT2D eigenvalue weighted by molar-refractivity contribution is 7.90. The van der Waals surface area contributed by atoms with Crippen LogP contribution in [0.15, 0.2) is 76.0 Å². The molecular weight excluding hydrogens is 416 g/mol. The van der Waals surface area contributed by atoms with Gasteiger partial charge in [0.1, 0.15) is 11.5 Å². The number of rotatable bonds is 8. The number of nitrogens with zero attached hydrogens (tertiary/aromatic N) is 1. The van der Waals surface area contributed by atoms with Gasteiger partial charge in [0.2, 0.25) is 0 Å². The third-order valence-corrected chi connectivity index (χ3v) is 6.42. The molecule has 0 fully saturated rings. The van der Waals surface area contributed by atoms with Crippen molar-refractivity contribution < 1.29 is 22.4 Å². The largest absolute Gasteiger partial charge is 0.455 e. The van der Waals surface area contributed by atoms with Crippen molar-refractivity contribution in [3.63, 3.8) is 0 Å². The monoisotopic (exact) mass is 440 g/mol. The molecule has 31 heavy (non-hydrogen) atoms. The van der Waals surface area contributed by atoms with Gasteiger partial charge in [-0.25, -0.2) is 8.42 Å². The first-order chi connectivity index (χ1) is 14.8. The molecular formula is C23H24N2O5S. The van der Waals surface area contributed by atoms with Crippen LogP contribution in [0.25, 0.3) is 0 Å². The molecule has 0 spiro atoms. The van der Waals surface area contributed by atoms with Gasteiger partial charge in [-0.15, -0.1) is 0 Å². The van der Waals surface area contributed by atoms with E-state index in [1.165, 1.54) is 24.3 Å². The highest BCUT2D eigenvalue weighted by Gasteiger charge is 2.19. The van der Waals surface area contributed by atoms with Crippen LogP contribution in [-0.4, -0.2) is 38.2 Å². The van der Waals surface area contributed by atoms with Crippen LogP contribution in [0.2, 0.25) is 0 Å². The van der Waals surface area contributed by atoms with Gasteiger partial charge in [0.25, 0.3) is 11.8 Å². The van der Waals surface area contributed by atoms with Gasteiger partial charge in [0, 0.05) is 24.3 Å². The fourth-order valence-corrected chi connectivity index (χ4v) is 4.33. The third-order valence-electron chi connectivity index (χ3n) is 4.76. The van der Waals surface area contributed by atoms with E-state index >= 15 is 0 Å². The van der Waals surface area contributed by atoms with Crippen LogP contribution in [0.3, 0.4) is 0 Å². The van der Waals surface area contributed by atoms with Crippen LogP contribution in [0.1, 0.15) is 40.5 Å². The Bertz CT molecular complexity index is 1150. The Morgan fingerprint density at radius 2 is 1.55 bits per heavy atom. The zero-order valence-corrected chi connectivity index (χ0v) is 18.2. The van der Waals surface area contributed by atoms with Crippen LogP contribution < -0.4 is 5.32 Å². The summed E-state index contributed by atoms with van der Waals surface area (Å²) in [5, 5.41) is 2.68. The molecule has 0 saturated heterocycles. The second kappa shape index (κ2) is 9.61. The molecule has 1 heterocycles. The van der Waals surface area contributed by atoms with Crippen molar-refractivity contribution in [1.82, 2.24) is 4.90 Å². The quantitative estimate of drug-likeness (QED) is 0.571. The van der Waals surface area contributed by atoms with E-state index in [0.717, 1.165) is 0 Å². The Kier molecular flexibility index (Phi) is 6.91. The third kappa shape index (κ3) is 5.40. The summed E-state index contributed by atoms with van der Waals surface area (Å²) >= 11 is 0. The molecule has 0 aliphatic heterocycles. The van der Waals surface area contributed by atoms with Gasteiger partial charge in [-0.1, -0.05) is 18.2 Å². The van der Waals surface area contributed by atoms with Gasteiger partial charge in [-0.2, -0.15) is 0 Å². The average Bonchev–Trinajstić information content (AvgIpc) is 3.23. The van der Waals surface area contributed by atoms with Gasteiger partial charge >= 0.3 is 0 Å². The van der Waals surface area contributed by atoms with Crippen molar-refractivity contribution in [2.45, 2.75) is 24.5 Å². The Morgan fingerprint density at radius 1 is 0.903 bits per heavy atom. The van der Waals surface area contributed by atoms with Gasteiger partial charge in [0.05, 0.1) is 4.90 Å². The number of carbonyl (C=O) groups excluding carboxylic acids is 2. The van der Waals surface area contributed by atoms with E-state index in [0.29, 0.717) is 24.3 Å². The smallest absolute Gasteiger partial charge is 0.291 e. The number of benzene rings is 2. The summed E-state index contributed by atoms with van der Waals surface area (Å²) in [7, 11) is -3.57. The summed E-state index contributed by atoms with van der Waals surface area (Å²) in [6.07, 6.45) is 0. The van der Waals surface area contributed by atoms with Crippen molar-refractivity contribution in [3.8, 4) is 0 Å². The van der Waals surface area contributed by atoms with E-state index in [4.69, 9.17) is 4.42 Å². The summed E-state index contributed by atoms with van der Waals surface area (Å²) < 4.78 is 30.4. The van der Waals surface area contributed by atoms with Gasteiger partial charge in [0.15, 0.2) is 15.6 Å². The minimum atomic E-state index is -3.57. The number of hydrogen-bond acceptors (Lipinski definition) is 5. The van der Waals surface area contributed by atoms with Crippen LogP contribution in [-0.2, 0) is 15.6 Å². The molecule has 8 heteroatoms. The van der Waals surface area contributed by atoms with Crippen molar-refractivity contribution >= 4 is 27.3 Å². The maximum atomic E-state index is 12.5. The standard InChI is InChI=1S/C23H24N2O5S/c1-3-25(4-2)23(27)17-10-12-18(13-11-17)24-22(26)21-15-14-19(30-21)16-31(28,29)20-8-6-5-7-9-20/h5-15H,3-4,16H2,1-2H3,(H,24,26). The molecule has 0 saturated carbocycles. The first kappa shape index (κ1) is 22.3. The molecule has 1 aromatic heterocycles. The first-order valence-corrected chi connectivity index (χ1v) is 11.6. The lowest BCUT2D eigenvalue weighted by Crippen LogP contribution is -2.30. The SMILES string of the molecule is CCN(CC)C(=O)c1ccc(NC(=O)c2ccc(CS(=O)(=O)c3ccccc3)o2)cc1. The zero-order chi connectivity index (χ0) is 22.4. The molecule has 3 rings (SSSR count). The second-order valence-corrected chi connectivity index (χ2v) is 8.84. The summed E-state index contributed by atoms with van der Waals surface area (Å²) in [6, 6.07) is 17.5. The van der Waals surface area contributed by atoms with E-state index in [1.807, 2.05) is 13.8 Å². The predicted molar refractivity (Wildman–Crippen MR) is 118 cm³/mol. The van der Waals surface area contributed by atoms with Crippen molar-refractivity contribution in [2.24, 2.45) is 0 Å². The highest BCUT2D eigenvalue weighted by Crippen LogP contribution is 2.19. The van der Waals surface area contributed by atoms with E-state index < -0.39 is 15.7 Å². The number of nitrogens with one attached hydrogen (secondary N) is 1. The van der Waals surface area contributed by atoms with Crippen LogP contribution in [0, 0.1) is 0 Å². The number of sulfone groups is 1. The maximum Gasteiger partial charge on any atom is 0.291 e. The number of hydrogen-bond donors (Lipinski definition) is 1. The van der Waals surface area contributed by atoms with E-state index in [1.54, 1.807) is 47.4 Å². The minimum Gasteiger partial charge on any atom is -0.455 e. The molecule has 3 aromatic rings. The fourth-order valence-electron chi connectivity index (χ4n) is 3.06. The predicted octanol–water partition coefficient (Wildman–Crippen LogP) is 3.99. The number of anilines is 1. The van der Waals surface area contributed by atoms with Crippen LogP contribution in [0.4, 0.5) is 5.69 Å². The van der Waals surface area contributed by atoms with Crippen LogP contribution in [0.5, 0.6) is 0 Å². The minimum absolute atomic E-state index is 0.00144. The zero-order valence-electron chi connectivity index (χ0n) is 17.4. The first-order valence-electron chi connectivity index (χ1n) is 9.91. The molecule has 1 N–H and O–H groups in total. The Morgan fingerprint density at radius 3 is 2.16 bits per heavy atom. The summed E-state index contributed by atoms with van der Waals surface area (Å²) in [5.74, 6) is -0.744. The Hall–Kier alpha value is -3.39. The summed E-state index contributed by atoms with van der Waals surface area (Å²) in [6.45, 7) is 5.07. The molecule has 7 nitrogen and oxygen atoms in total. The van der Waals surface area contributed by atoms with Gasteiger partial charge < -0.3 is 14.6 Å². The number of carbonyl (C=O) groups is 2. The fraction of sp³-hybridized carbons (Fsp3) is 0.217. The normalized spacial score (nSPS) is 11.2. The molecule has 0 radical (unpaired) electrons. The number of amides is 2. The Balaban J connectivity index is 1.65. The topological polar surface area (TPSA) is 96.7 Å². The van der Waals surface area contributed by atoms with Crippen LogP contribution >= 0.6 is 0 Å². The lowest BCUT2D eigenvalue weighted by Gasteiger charge is -2.18. The maximum absolute atomic E-state index is 12.5. The molecule has 2 aromatic carbocycles. The molecule has 2 amide bonds. The Labute approximate surface area is 181 Å². The lowest BCUT2D eigenvalue weighted by molar-refractivity contribution is 0.0773. The molecule has 0 aliphatic rings. The second-order valence-electron chi connectivity index (χ2n) is 6.85.